The quantitative estimate of drug-likeness (QED) is 0.718. The highest BCUT2D eigenvalue weighted by Gasteiger charge is 2.08. The number of carbonyl (C=O) groups is 1. The molecule has 1 aromatic heterocycles. The summed E-state index contributed by atoms with van der Waals surface area (Å²) >= 11 is 0. The van der Waals surface area contributed by atoms with E-state index in [9.17, 15) is 4.79 Å². The average molecular weight is 215 g/mol. The lowest BCUT2D eigenvalue weighted by atomic mass is 9.95. The monoisotopic (exact) mass is 215 g/mol. The van der Waals surface area contributed by atoms with Crippen LogP contribution in [-0.2, 0) is 4.79 Å². The van der Waals surface area contributed by atoms with Crippen molar-refractivity contribution in [3.63, 3.8) is 0 Å². The molecule has 84 valence electrons. The van der Waals surface area contributed by atoms with Crippen LogP contribution >= 0.6 is 0 Å². The van der Waals surface area contributed by atoms with E-state index in [0.29, 0.717) is 5.78 Å². The molecule has 0 radical (unpaired) electrons. The second kappa shape index (κ2) is 5.59. The van der Waals surface area contributed by atoms with Crippen LogP contribution in [-0.4, -0.2) is 10.8 Å². The minimum Gasteiger partial charge on any atom is -0.300 e. The van der Waals surface area contributed by atoms with E-state index >= 15 is 0 Å². The van der Waals surface area contributed by atoms with Gasteiger partial charge in [0.25, 0.3) is 0 Å². The van der Waals surface area contributed by atoms with Crippen LogP contribution in [0, 0.1) is 0 Å². The second-order valence-electron chi connectivity index (χ2n) is 4.30. The number of carbonyl (C=O) groups excluding carboxylic acids is 1. The van der Waals surface area contributed by atoms with Crippen LogP contribution in [0.2, 0.25) is 0 Å². The van der Waals surface area contributed by atoms with Gasteiger partial charge in [0.05, 0.1) is 5.69 Å². The first-order valence-corrected chi connectivity index (χ1v) is 5.97. The average Bonchev–Trinajstić information content (AvgIpc) is 2.27. The number of rotatable bonds is 1. The van der Waals surface area contributed by atoms with Gasteiger partial charge in [0.15, 0.2) is 0 Å². The number of pyridine rings is 1. The highest BCUT2D eigenvalue weighted by atomic mass is 16.1. The minimum absolute atomic E-state index is 0.428. The molecule has 0 aliphatic heterocycles. The van der Waals surface area contributed by atoms with Gasteiger partial charge in [-0.3, -0.25) is 9.78 Å². The Morgan fingerprint density at radius 3 is 2.44 bits per heavy atom. The van der Waals surface area contributed by atoms with Crippen molar-refractivity contribution in [3.05, 3.63) is 35.7 Å². The standard InChI is InChI=1S/C14H17NO/c16-14-8-3-5-12(6-4-9-14)11-13-7-1-2-10-15-13/h1-2,7,10-11H,3-6,8-9H2. The molecule has 1 aromatic rings. The van der Waals surface area contributed by atoms with E-state index in [0.717, 1.165) is 44.2 Å². The molecule has 0 bridgehead atoms. The summed E-state index contributed by atoms with van der Waals surface area (Å²) in [5.74, 6) is 0.428. The van der Waals surface area contributed by atoms with Crippen LogP contribution in [0.25, 0.3) is 6.08 Å². The third-order valence-electron chi connectivity index (χ3n) is 2.95. The highest BCUT2D eigenvalue weighted by molar-refractivity contribution is 5.78. The van der Waals surface area contributed by atoms with Gasteiger partial charge in [0.2, 0.25) is 0 Å². The molecule has 16 heavy (non-hydrogen) atoms. The van der Waals surface area contributed by atoms with Gasteiger partial charge in [-0.25, -0.2) is 0 Å². The number of aromatic nitrogens is 1. The number of Topliss-reactive ketones (excluding diaryl/α,β-unsaturated/α-hetero) is 1. The third-order valence-corrected chi connectivity index (χ3v) is 2.95. The Balaban J connectivity index is 2.03. The second-order valence-corrected chi connectivity index (χ2v) is 4.30. The summed E-state index contributed by atoms with van der Waals surface area (Å²) < 4.78 is 0. The predicted molar refractivity (Wildman–Crippen MR) is 64.9 cm³/mol. The zero-order valence-corrected chi connectivity index (χ0v) is 9.48. The Labute approximate surface area is 96.4 Å². The Kier molecular flexibility index (Phi) is 3.86. The van der Waals surface area contributed by atoms with Gasteiger partial charge >= 0.3 is 0 Å². The van der Waals surface area contributed by atoms with Crippen LogP contribution in [0.5, 0.6) is 0 Å². The van der Waals surface area contributed by atoms with E-state index in [1.165, 1.54) is 5.57 Å². The molecule has 1 heterocycles. The van der Waals surface area contributed by atoms with Gasteiger partial charge < -0.3 is 0 Å². The van der Waals surface area contributed by atoms with E-state index in [1.807, 2.05) is 24.4 Å². The Morgan fingerprint density at radius 1 is 1.06 bits per heavy atom. The normalized spacial score (nSPS) is 17.8. The summed E-state index contributed by atoms with van der Waals surface area (Å²) in [5, 5.41) is 0. The smallest absolute Gasteiger partial charge is 0.132 e. The van der Waals surface area contributed by atoms with E-state index < -0.39 is 0 Å². The van der Waals surface area contributed by atoms with Crippen LogP contribution in [0.1, 0.15) is 44.2 Å². The van der Waals surface area contributed by atoms with E-state index in [4.69, 9.17) is 0 Å². The fraction of sp³-hybridized carbons (Fsp3) is 0.429. The number of ketones is 1. The van der Waals surface area contributed by atoms with Crippen molar-refractivity contribution in [2.24, 2.45) is 0 Å². The molecule has 0 saturated heterocycles. The Bertz CT molecular complexity index is 367. The highest BCUT2D eigenvalue weighted by Crippen LogP contribution is 2.21. The van der Waals surface area contributed by atoms with Crippen LogP contribution < -0.4 is 0 Å². The molecule has 2 rings (SSSR count). The Hall–Kier alpha value is -1.44. The van der Waals surface area contributed by atoms with E-state index in [-0.39, 0.29) is 0 Å². The van der Waals surface area contributed by atoms with E-state index in [1.54, 1.807) is 0 Å². The molecule has 0 N–H and O–H groups in total. The maximum absolute atomic E-state index is 11.3. The summed E-state index contributed by atoms with van der Waals surface area (Å²) in [4.78, 5) is 15.6. The van der Waals surface area contributed by atoms with Gasteiger partial charge in [-0.2, -0.15) is 0 Å². The van der Waals surface area contributed by atoms with Crippen LogP contribution in [0.3, 0.4) is 0 Å². The minimum atomic E-state index is 0.428. The van der Waals surface area contributed by atoms with Gasteiger partial charge in [-0.05, 0) is 43.9 Å². The molecule has 0 atom stereocenters. The van der Waals surface area contributed by atoms with Crippen molar-refractivity contribution in [2.75, 3.05) is 0 Å². The summed E-state index contributed by atoms with van der Waals surface area (Å²) in [6.45, 7) is 0. The molecule has 1 saturated carbocycles. The van der Waals surface area contributed by atoms with E-state index in [2.05, 4.69) is 11.1 Å². The summed E-state index contributed by atoms with van der Waals surface area (Å²) in [6, 6.07) is 5.96. The fourth-order valence-corrected chi connectivity index (χ4v) is 2.09. The third kappa shape index (κ3) is 3.30. The number of hydrogen-bond acceptors (Lipinski definition) is 2. The SMILES string of the molecule is O=C1CCCC(=Cc2ccccn2)CCC1. The van der Waals surface area contributed by atoms with Crippen molar-refractivity contribution < 1.29 is 4.79 Å². The molecule has 0 aromatic carbocycles. The van der Waals surface area contributed by atoms with Crippen molar-refractivity contribution in [1.82, 2.24) is 4.98 Å². The van der Waals surface area contributed by atoms with Gasteiger partial charge in [0.1, 0.15) is 5.78 Å². The van der Waals surface area contributed by atoms with Crippen molar-refractivity contribution in [3.8, 4) is 0 Å². The molecule has 2 nitrogen and oxygen atoms in total. The lowest BCUT2D eigenvalue weighted by Gasteiger charge is -2.11. The molecule has 0 unspecified atom stereocenters. The molecule has 0 spiro atoms. The Morgan fingerprint density at radius 2 is 1.81 bits per heavy atom. The number of allylic oxidation sites excluding steroid dienone is 1. The molecule has 1 fully saturated rings. The fourth-order valence-electron chi connectivity index (χ4n) is 2.09. The van der Waals surface area contributed by atoms with Crippen molar-refractivity contribution in [1.29, 1.82) is 0 Å². The summed E-state index contributed by atoms with van der Waals surface area (Å²) in [6.07, 6.45) is 9.58. The molecule has 1 aliphatic rings. The number of nitrogens with zero attached hydrogens (tertiary/aromatic N) is 1. The van der Waals surface area contributed by atoms with Crippen molar-refractivity contribution >= 4 is 11.9 Å². The topological polar surface area (TPSA) is 30.0 Å². The molecular weight excluding hydrogens is 198 g/mol. The zero-order chi connectivity index (χ0) is 11.2. The lowest BCUT2D eigenvalue weighted by Crippen LogP contribution is -2.02. The largest absolute Gasteiger partial charge is 0.300 e. The summed E-state index contributed by atoms with van der Waals surface area (Å²) in [7, 11) is 0. The van der Waals surface area contributed by atoms with Crippen molar-refractivity contribution in [2.45, 2.75) is 38.5 Å². The first-order chi connectivity index (χ1) is 7.84. The summed E-state index contributed by atoms with van der Waals surface area (Å²) in [5.41, 5.74) is 2.47. The zero-order valence-electron chi connectivity index (χ0n) is 9.48. The molecule has 2 heteroatoms. The van der Waals surface area contributed by atoms with Gasteiger partial charge in [-0.1, -0.05) is 11.6 Å². The van der Waals surface area contributed by atoms with Gasteiger partial charge in [-0.15, -0.1) is 0 Å². The van der Waals surface area contributed by atoms with Crippen LogP contribution in [0.4, 0.5) is 0 Å². The molecular formula is C14H17NO. The van der Waals surface area contributed by atoms with Gasteiger partial charge in [0, 0.05) is 19.0 Å². The maximum Gasteiger partial charge on any atom is 0.132 e. The number of hydrogen-bond donors (Lipinski definition) is 0. The predicted octanol–water partition coefficient (Wildman–Crippen LogP) is 3.39. The van der Waals surface area contributed by atoms with Crippen LogP contribution in [0.15, 0.2) is 30.0 Å². The maximum atomic E-state index is 11.3. The molecule has 0 amide bonds. The first kappa shape index (κ1) is 11.1. The molecule has 1 aliphatic carbocycles. The lowest BCUT2D eigenvalue weighted by molar-refractivity contribution is -0.119. The first-order valence-electron chi connectivity index (χ1n) is 5.97.